The molecule has 2 aromatic carbocycles. The van der Waals surface area contributed by atoms with E-state index in [1.165, 1.54) is 19.3 Å². The zero-order valence-corrected chi connectivity index (χ0v) is 16.4. The molecule has 0 aliphatic heterocycles. The number of hydrogen-bond donors (Lipinski definition) is 1. The first kappa shape index (κ1) is 19.4. The van der Waals surface area contributed by atoms with Gasteiger partial charge >= 0.3 is 0 Å². The van der Waals surface area contributed by atoms with Gasteiger partial charge in [-0.3, -0.25) is 4.79 Å². The minimum absolute atomic E-state index is 0.00248. The molecule has 0 unspecified atom stereocenters. The number of carbonyl (C=O) groups excluding carboxylic acids is 1. The van der Waals surface area contributed by atoms with Crippen LogP contribution in [0, 0.1) is 0 Å². The Hall–Kier alpha value is -2.33. The molecule has 0 saturated heterocycles. The van der Waals surface area contributed by atoms with Gasteiger partial charge in [0, 0.05) is 17.6 Å². The molecular weight excluding hydrogens is 336 g/mol. The fourth-order valence-electron chi connectivity index (χ4n) is 3.77. The number of likely N-dealkylation sites (N-methyl/N-ethyl adjacent to an activating group) is 1. The van der Waals surface area contributed by atoms with Crippen molar-refractivity contribution < 1.29 is 9.53 Å². The number of ether oxygens (including phenoxy) is 1. The topological polar surface area (TPSA) is 41.6 Å². The van der Waals surface area contributed by atoms with E-state index < -0.39 is 0 Å². The number of nitrogens with one attached hydrogen (secondary N) is 1. The van der Waals surface area contributed by atoms with Gasteiger partial charge < -0.3 is 15.0 Å². The lowest BCUT2D eigenvalue weighted by molar-refractivity contribution is 0.0799. The highest BCUT2D eigenvalue weighted by atomic mass is 16.5. The van der Waals surface area contributed by atoms with Crippen molar-refractivity contribution in [1.82, 2.24) is 10.2 Å². The van der Waals surface area contributed by atoms with Gasteiger partial charge in [0.2, 0.25) is 0 Å². The molecule has 1 amide bonds. The lowest BCUT2D eigenvalue weighted by Gasteiger charge is -2.43. The van der Waals surface area contributed by atoms with Gasteiger partial charge in [-0.1, -0.05) is 49.6 Å². The fraction of sp³-hybridized carbons (Fsp3) is 0.435. The van der Waals surface area contributed by atoms with Crippen LogP contribution >= 0.6 is 0 Å². The maximum absolute atomic E-state index is 12.6. The van der Waals surface area contributed by atoms with Gasteiger partial charge in [0.25, 0.3) is 5.91 Å². The van der Waals surface area contributed by atoms with Crippen molar-refractivity contribution in [3.05, 3.63) is 65.7 Å². The second-order valence-corrected chi connectivity index (χ2v) is 7.66. The third kappa shape index (κ3) is 5.10. The largest absolute Gasteiger partial charge is 0.489 e. The second-order valence-electron chi connectivity index (χ2n) is 7.66. The summed E-state index contributed by atoms with van der Waals surface area (Å²) in [5.41, 5.74) is 1.84. The van der Waals surface area contributed by atoms with E-state index in [4.69, 9.17) is 4.74 Å². The quantitative estimate of drug-likeness (QED) is 0.796. The van der Waals surface area contributed by atoms with Crippen LogP contribution in [0.25, 0.3) is 0 Å². The molecule has 0 heterocycles. The average molecular weight is 367 g/mol. The lowest BCUT2D eigenvalue weighted by atomic mass is 9.80. The Morgan fingerprint density at radius 1 is 1.00 bits per heavy atom. The fourth-order valence-corrected chi connectivity index (χ4v) is 3.77. The predicted molar refractivity (Wildman–Crippen MR) is 109 cm³/mol. The Labute approximate surface area is 162 Å². The number of amides is 1. The van der Waals surface area contributed by atoms with Crippen molar-refractivity contribution in [2.45, 2.75) is 44.2 Å². The van der Waals surface area contributed by atoms with E-state index in [1.807, 2.05) is 54.6 Å². The van der Waals surface area contributed by atoms with Gasteiger partial charge in [-0.15, -0.1) is 0 Å². The molecule has 0 spiro atoms. The molecule has 1 aliphatic rings. The molecule has 4 heteroatoms. The van der Waals surface area contributed by atoms with Crippen LogP contribution in [0.2, 0.25) is 0 Å². The predicted octanol–water partition coefficient (Wildman–Crippen LogP) is 4.26. The summed E-state index contributed by atoms with van der Waals surface area (Å²) in [6.07, 6.45) is 6.08. The van der Waals surface area contributed by atoms with Crippen LogP contribution in [-0.2, 0) is 6.61 Å². The summed E-state index contributed by atoms with van der Waals surface area (Å²) in [6, 6.07) is 17.4. The van der Waals surface area contributed by atoms with Gasteiger partial charge in [0.1, 0.15) is 12.4 Å². The maximum atomic E-state index is 12.6. The third-order valence-corrected chi connectivity index (χ3v) is 5.68. The highest BCUT2D eigenvalue weighted by Gasteiger charge is 2.34. The van der Waals surface area contributed by atoms with E-state index in [0.717, 1.165) is 24.2 Å². The minimum Gasteiger partial charge on any atom is -0.489 e. The van der Waals surface area contributed by atoms with Crippen LogP contribution in [0.15, 0.2) is 54.6 Å². The highest BCUT2D eigenvalue weighted by Crippen LogP contribution is 2.31. The van der Waals surface area contributed by atoms with E-state index in [2.05, 4.69) is 24.3 Å². The molecule has 1 aliphatic carbocycles. The summed E-state index contributed by atoms with van der Waals surface area (Å²) in [4.78, 5) is 14.9. The summed E-state index contributed by atoms with van der Waals surface area (Å²) in [6.45, 7) is 1.20. The van der Waals surface area contributed by atoms with E-state index in [9.17, 15) is 4.79 Å². The van der Waals surface area contributed by atoms with Crippen LogP contribution in [0.5, 0.6) is 5.75 Å². The zero-order chi connectivity index (χ0) is 19.1. The van der Waals surface area contributed by atoms with Crippen molar-refractivity contribution in [2.75, 3.05) is 20.6 Å². The smallest absolute Gasteiger partial charge is 0.251 e. The van der Waals surface area contributed by atoms with Crippen LogP contribution in [0.1, 0.15) is 48.0 Å². The van der Waals surface area contributed by atoms with Gasteiger partial charge in [-0.2, -0.15) is 0 Å². The van der Waals surface area contributed by atoms with Crippen LogP contribution in [0.4, 0.5) is 0 Å². The molecule has 1 N–H and O–H groups in total. The Morgan fingerprint density at radius 3 is 2.30 bits per heavy atom. The Balaban J connectivity index is 1.54. The monoisotopic (exact) mass is 366 g/mol. The van der Waals surface area contributed by atoms with Crippen molar-refractivity contribution in [2.24, 2.45) is 0 Å². The molecule has 0 radical (unpaired) electrons. The SMILES string of the molecule is CN(C)C1(CNC(=O)c2ccc(COc3ccccc3)cc2)CCCCC1. The molecule has 1 saturated carbocycles. The number of hydrogen-bond acceptors (Lipinski definition) is 3. The van der Waals surface area contributed by atoms with Gasteiger partial charge in [0.15, 0.2) is 0 Å². The van der Waals surface area contributed by atoms with Gasteiger partial charge in [-0.05, 0) is 56.8 Å². The van der Waals surface area contributed by atoms with E-state index >= 15 is 0 Å². The molecule has 1 fully saturated rings. The Bertz CT molecular complexity index is 720. The maximum Gasteiger partial charge on any atom is 0.251 e. The highest BCUT2D eigenvalue weighted by molar-refractivity contribution is 5.94. The molecule has 0 aromatic heterocycles. The van der Waals surface area contributed by atoms with Crippen molar-refractivity contribution >= 4 is 5.91 Å². The standard InChI is InChI=1S/C23H30N2O2/c1-25(2)23(15-7-4-8-16-23)18-24-22(26)20-13-11-19(12-14-20)17-27-21-9-5-3-6-10-21/h3,5-6,9-14H,4,7-8,15-18H2,1-2H3,(H,24,26). The summed E-state index contributed by atoms with van der Waals surface area (Å²) < 4.78 is 5.75. The molecule has 144 valence electrons. The number of benzene rings is 2. The number of para-hydroxylation sites is 1. The number of nitrogens with zero attached hydrogens (tertiary/aromatic N) is 1. The molecule has 0 atom stereocenters. The lowest BCUT2D eigenvalue weighted by Crippen LogP contribution is -2.53. The third-order valence-electron chi connectivity index (χ3n) is 5.68. The molecule has 0 bridgehead atoms. The molecule has 2 aromatic rings. The van der Waals surface area contributed by atoms with E-state index in [0.29, 0.717) is 18.7 Å². The van der Waals surface area contributed by atoms with E-state index in [1.54, 1.807) is 0 Å². The molecule has 3 rings (SSSR count). The minimum atomic E-state index is -0.00248. The van der Waals surface area contributed by atoms with E-state index in [-0.39, 0.29) is 11.4 Å². The summed E-state index contributed by atoms with van der Waals surface area (Å²) >= 11 is 0. The van der Waals surface area contributed by atoms with Crippen LogP contribution < -0.4 is 10.1 Å². The second kappa shape index (κ2) is 9.05. The zero-order valence-electron chi connectivity index (χ0n) is 16.4. The normalized spacial score (nSPS) is 16.1. The van der Waals surface area contributed by atoms with Gasteiger partial charge in [-0.25, -0.2) is 0 Å². The van der Waals surface area contributed by atoms with Crippen molar-refractivity contribution in [3.8, 4) is 5.75 Å². The van der Waals surface area contributed by atoms with Crippen LogP contribution in [0.3, 0.4) is 0 Å². The summed E-state index contributed by atoms with van der Waals surface area (Å²) in [5.74, 6) is 0.845. The molecular formula is C23H30N2O2. The Kier molecular flexibility index (Phi) is 6.51. The Morgan fingerprint density at radius 2 is 1.67 bits per heavy atom. The van der Waals surface area contributed by atoms with Crippen LogP contribution in [-0.4, -0.2) is 37.0 Å². The first-order chi connectivity index (χ1) is 13.1. The molecule has 4 nitrogen and oxygen atoms in total. The number of carbonyl (C=O) groups is 1. The summed E-state index contributed by atoms with van der Waals surface area (Å²) in [5, 5.41) is 3.16. The molecule has 27 heavy (non-hydrogen) atoms. The first-order valence-corrected chi connectivity index (χ1v) is 9.81. The van der Waals surface area contributed by atoms with Gasteiger partial charge in [0.05, 0.1) is 0 Å². The number of rotatable bonds is 7. The first-order valence-electron chi connectivity index (χ1n) is 9.81. The van der Waals surface area contributed by atoms with Crippen molar-refractivity contribution in [1.29, 1.82) is 0 Å². The average Bonchev–Trinajstić information content (AvgIpc) is 2.72. The summed E-state index contributed by atoms with van der Waals surface area (Å²) in [7, 11) is 4.25. The van der Waals surface area contributed by atoms with Crippen molar-refractivity contribution in [3.63, 3.8) is 0 Å².